The fourth-order valence-corrected chi connectivity index (χ4v) is 4.14. The van der Waals surface area contributed by atoms with Crippen molar-refractivity contribution >= 4 is 34.0 Å². The third-order valence-electron chi connectivity index (χ3n) is 4.57. The lowest BCUT2D eigenvalue weighted by Crippen LogP contribution is -2.36. The normalized spacial score (nSPS) is 13.4. The Morgan fingerprint density at radius 3 is 2.77 bits per heavy atom. The highest BCUT2D eigenvalue weighted by molar-refractivity contribution is 7.15. The number of aromatic nitrogens is 3. The van der Waals surface area contributed by atoms with E-state index in [9.17, 15) is 9.59 Å². The molecule has 0 atom stereocenters. The highest BCUT2D eigenvalue weighted by Gasteiger charge is 2.23. The molecule has 1 aliphatic heterocycles. The topological polar surface area (TPSA) is 109 Å². The van der Waals surface area contributed by atoms with Gasteiger partial charge in [0.15, 0.2) is 5.13 Å². The number of anilines is 2. The quantitative estimate of drug-likeness (QED) is 0.624. The van der Waals surface area contributed by atoms with Gasteiger partial charge in [0, 0.05) is 42.5 Å². The second kappa shape index (κ2) is 8.97. The van der Waals surface area contributed by atoms with E-state index in [1.54, 1.807) is 31.4 Å². The van der Waals surface area contributed by atoms with E-state index in [1.807, 2.05) is 0 Å². The molecule has 1 aliphatic rings. The zero-order valence-corrected chi connectivity index (χ0v) is 17.1. The fourth-order valence-electron chi connectivity index (χ4n) is 3.09. The first kappa shape index (κ1) is 19.9. The van der Waals surface area contributed by atoms with Gasteiger partial charge in [0.2, 0.25) is 5.91 Å². The second-order valence-electron chi connectivity index (χ2n) is 6.67. The molecule has 2 aromatic heterocycles. The van der Waals surface area contributed by atoms with Crippen molar-refractivity contribution in [3.05, 3.63) is 59.1 Å². The van der Waals surface area contributed by atoms with Gasteiger partial charge in [-0.25, -0.2) is 9.97 Å². The fraction of sp³-hybridized carbons (Fsp3) is 0.250. The van der Waals surface area contributed by atoms with Crippen LogP contribution in [0.25, 0.3) is 0 Å². The lowest BCUT2D eigenvalue weighted by atomic mass is 10.2. The van der Waals surface area contributed by atoms with Crippen molar-refractivity contribution in [3.63, 3.8) is 0 Å². The minimum Gasteiger partial charge on any atom is -0.497 e. The van der Waals surface area contributed by atoms with Gasteiger partial charge in [-0.15, -0.1) is 11.3 Å². The van der Waals surface area contributed by atoms with E-state index < -0.39 is 0 Å². The molecule has 2 N–H and O–H groups in total. The van der Waals surface area contributed by atoms with Crippen LogP contribution in [0.4, 0.5) is 10.8 Å². The van der Waals surface area contributed by atoms with Crippen LogP contribution in [-0.4, -0.2) is 51.9 Å². The van der Waals surface area contributed by atoms with Crippen molar-refractivity contribution in [2.75, 3.05) is 30.8 Å². The molecule has 3 heterocycles. The van der Waals surface area contributed by atoms with Crippen molar-refractivity contribution in [1.29, 1.82) is 0 Å². The van der Waals surface area contributed by atoms with E-state index in [2.05, 4.69) is 30.5 Å². The summed E-state index contributed by atoms with van der Waals surface area (Å²) in [5, 5.41) is 6.19. The van der Waals surface area contributed by atoms with Crippen molar-refractivity contribution in [3.8, 4) is 5.75 Å². The van der Waals surface area contributed by atoms with Gasteiger partial charge in [-0.1, -0.05) is 0 Å². The number of ether oxygens (including phenoxy) is 1. The Bertz CT molecular complexity index is 1040. The summed E-state index contributed by atoms with van der Waals surface area (Å²) in [5.41, 5.74) is 1.93. The summed E-state index contributed by atoms with van der Waals surface area (Å²) in [4.78, 5) is 40.1. The number of thiazole rings is 1. The van der Waals surface area contributed by atoms with Crippen LogP contribution < -0.4 is 15.4 Å². The second-order valence-corrected chi connectivity index (χ2v) is 7.75. The molecule has 9 nitrogen and oxygen atoms in total. The average molecular weight is 424 g/mol. The van der Waals surface area contributed by atoms with Crippen LogP contribution in [0.3, 0.4) is 0 Å². The average Bonchev–Trinajstić information content (AvgIpc) is 3.16. The van der Waals surface area contributed by atoms with Crippen LogP contribution >= 0.6 is 11.3 Å². The number of carbonyl (C=O) groups is 2. The van der Waals surface area contributed by atoms with Gasteiger partial charge in [0.05, 0.1) is 25.5 Å². The molecule has 0 bridgehead atoms. The predicted molar refractivity (Wildman–Crippen MR) is 113 cm³/mol. The van der Waals surface area contributed by atoms with Gasteiger partial charge in [0.25, 0.3) is 5.91 Å². The molecule has 0 aliphatic carbocycles. The number of nitrogens with zero attached hydrogens (tertiary/aromatic N) is 4. The van der Waals surface area contributed by atoms with Crippen LogP contribution in [0.5, 0.6) is 5.75 Å². The van der Waals surface area contributed by atoms with E-state index in [0.717, 1.165) is 35.0 Å². The smallest absolute Gasteiger partial charge is 0.277 e. The first-order valence-electron chi connectivity index (χ1n) is 9.33. The third-order valence-corrected chi connectivity index (χ3v) is 5.57. The molecule has 2 amide bonds. The SMILES string of the molecule is COc1ccc(NC(=O)CN2CCc3nc(NC(=O)c4cnccn4)sc3C2)cc1. The Morgan fingerprint density at radius 1 is 1.20 bits per heavy atom. The molecule has 4 rings (SSSR count). The number of methoxy groups -OCH3 is 1. The molecule has 30 heavy (non-hydrogen) atoms. The molecule has 0 fully saturated rings. The first-order valence-corrected chi connectivity index (χ1v) is 10.1. The monoisotopic (exact) mass is 424 g/mol. The Balaban J connectivity index is 1.33. The maximum atomic E-state index is 12.4. The maximum Gasteiger partial charge on any atom is 0.277 e. The number of benzene rings is 1. The molecule has 0 unspecified atom stereocenters. The van der Waals surface area contributed by atoms with E-state index in [1.165, 1.54) is 29.9 Å². The Labute approximate surface area is 177 Å². The number of fused-ring (bicyclic) bond motifs is 1. The summed E-state index contributed by atoms with van der Waals surface area (Å²) in [6, 6.07) is 7.22. The van der Waals surface area contributed by atoms with E-state index in [-0.39, 0.29) is 24.1 Å². The first-order chi connectivity index (χ1) is 14.6. The molecule has 1 aromatic carbocycles. The molecule has 0 saturated heterocycles. The van der Waals surface area contributed by atoms with Crippen LogP contribution in [0.1, 0.15) is 21.1 Å². The lowest BCUT2D eigenvalue weighted by Gasteiger charge is -2.25. The molecule has 154 valence electrons. The van der Waals surface area contributed by atoms with E-state index >= 15 is 0 Å². The Hall–Kier alpha value is -3.37. The number of carbonyl (C=O) groups excluding carboxylic acids is 2. The number of hydrogen-bond donors (Lipinski definition) is 2. The van der Waals surface area contributed by atoms with Gasteiger partial charge < -0.3 is 10.1 Å². The lowest BCUT2D eigenvalue weighted by molar-refractivity contribution is -0.117. The van der Waals surface area contributed by atoms with Gasteiger partial charge in [-0.2, -0.15) is 0 Å². The minimum absolute atomic E-state index is 0.0793. The Morgan fingerprint density at radius 2 is 2.03 bits per heavy atom. The molecule has 0 spiro atoms. The molecule has 0 saturated carbocycles. The van der Waals surface area contributed by atoms with E-state index in [0.29, 0.717) is 11.7 Å². The summed E-state index contributed by atoms with van der Waals surface area (Å²) in [7, 11) is 1.60. The van der Waals surface area contributed by atoms with Gasteiger partial charge in [-0.05, 0) is 24.3 Å². The summed E-state index contributed by atoms with van der Waals surface area (Å²) < 4.78 is 5.12. The summed E-state index contributed by atoms with van der Waals surface area (Å²) >= 11 is 1.42. The molecular formula is C20H20N6O3S. The van der Waals surface area contributed by atoms with Gasteiger partial charge >= 0.3 is 0 Å². The minimum atomic E-state index is -0.343. The van der Waals surface area contributed by atoms with Crippen molar-refractivity contribution in [2.24, 2.45) is 0 Å². The highest BCUT2D eigenvalue weighted by Crippen LogP contribution is 2.28. The molecule has 0 radical (unpaired) electrons. The zero-order chi connectivity index (χ0) is 20.9. The summed E-state index contributed by atoms with van der Waals surface area (Å²) in [6.07, 6.45) is 5.11. The van der Waals surface area contributed by atoms with Crippen molar-refractivity contribution in [1.82, 2.24) is 19.9 Å². The number of nitrogens with one attached hydrogen (secondary N) is 2. The van der Waals surface area contributed by atoms with Gasteiger partial charge in [-0.3, -0.25) is 24.8 Å². The Kier molecular flexibility index (Phi) is 5.96. The number of hydrogen-bond acceptors (Lipinski definition) is 8. The highest BCUT2D eigenvalue weighted by atomic mass is 32.1. The molecule has 10 heteroatoms. The van der Waals surface area contributed by atoms with Crippen LogP contribution in [0, 0.1) is 0 Å². The van der Waals surface area contributed by atoms with Crippen molar-refractivity contribution < 1.29 is 14.3 Å². The molecule has 3 aromatic rings. The largest absolute Gasteiger partial charge is 0.497 e. The predicted octanol–water partition coefficient (Wildman–Crippen LogP) is 2.19. The number of amides is 2. The summed E-state index contributed by atoms with van der Waals surface area (Å²) in [6.45, 7) is 1.62. The third kappa shape index (κ3) is 4.78. The van der Waals surface area contributed by atoms with Gasteiger partial charge in [0.1, 0.15) is 11.4 Å². The zero-order valence-electron chi connectivity index (χ0n) is 16.3. The number of rotatable bonds is 6. The van der Waals surface area contributed by atoms with Crippen LogP contribution in [0.15, 0.2) is 42.9 Å². The van der Waals surface area contributed by atoms with Crippen molar-refractivity contribution in [2.45, 2.75) is 13.0 Å². The standard InChI is InChI=1S/C20H20N6O3S/c1-29-14-4-2-13(3-5-14)23-18(27)12-26-9-6-15-17(11-26)30-20(24-15)25-19(28)16-10-21-7-8-22-16/h2-5,7-8,10H,6,9,11-12H2,1H3,(H,23,27)(H,24,25,28). The maximum absolute atomic E-state index is 12.4. The van der Waals surface area contributed by atoms with E-state index in [4.69, 9.17) is 4.74 Å². The molecular weight excluding hydrogens is 404 g/mol. The summed E-state index contributed by atoms with van der Waals surface area (Å²) in [5.74, 6) is 0.318. The van der Waals surface area contributed by atoms with Crippen LogP contribution in [0.2, 0.25) is 0 Å². The van der Waals surface area contributed by atoms with Crippen LogP contribution in [-0.2, 0) is 17.8 Å².